The lowest BCUT2D eigenvalue weighted by molar-refractivity contribution is -0.132. The Morgan fingerprint density at radius 2 is 1.84 bits per heavy atom. The fourth-order valence-corrected chi connectivity index (χ4v) is 4.05. The van der Waals surface area contributed by atoms with Crippen LogP contribution in [0.5, 0.6) is 17.2 Å². The molecule has 3 aromatic rings. The summed E-state index contributed by atoms with van der Waals surface area (Å²) in [5.41, 5.74) is 2.32. The minimum absolute atomic E-state index is 0.169. The molecule has 0 atom stereocenters. The summed E-state index contributed by atoms with van der Waals surface area (Å²) in [7, 11) is 2.90. The van der Waals surface area contributed by atoms with E-state index in [0.717, 1.165) is 5.56 Å². The Morgan fingerprint density at radius 1 is 1.16 bits per heavy atom. The van der Waals surface area contributed by atoms with Crippen molar-refractivity contribution in [3.05, 3.63) is 56.3 Å². The van der Waals surface area contributed by atoms with E-state index in [1.807, 2.05) is 5.38 Å². The van der Waals surface area contributed by atoms with E-state index in [2.05, 4.69) is 11.1 Å². The summed E-state index contributed by atoms with van der Waals surface area (Å²) in [4.78, 5) is 15.9. The average Bonchev–Trinajstić information content (AvgIpc) is 3.21. The topological polar surface area (TPSA) is 81.4 Å². The van der Waals surface area contributed by atoms with Gasteiger partial charge in [-0.05, 0) is 42.0 Å². The highest BCUT2D eigenvalue weighted by Gasteiger charge is 2.17. The molecule has 1 heterocycles. The van der Waals surface area contributed by atoms with Crippen LogP contribution in [0.4, 0.5) is 0 Å². The third kappa shape index (κ3) is 5.17. The van der Waals surface area contributed by atoms with E-state index in [9.17, 15) is 10.1 Å². The van der Waals surface area contributed by atoms with Crippen LogP contribution in [0, 0.1) is 11.3 Å². The van der Waals surface area contributed by atoms with Crippen molar-refractivity contribution in [2.24, 2.45) is 0 Å². The second-order valence-corrected chi connectivity index (χ2v) is 7.88. The second kappa shape index (κ2) is 9.84. The Morgan fingerprint density at radius 3 is 2.39 bits per heavy atom. The number of carbonyl (C=O) groups is 1. The highest BCUT2D eigenvalue weighted by atomic mass is 35.5. The third-order valence-corrected chi connectivity index (χ3v) is 5.53. The monoisotopic (exact) mass is 474 g/mol. The number of thiazole rings is 1. The van der Waals surface area contributed by atoms with Crippen LogP contribution >= 0.6 is 34.5 Å². The summed E-state index contributed by atoms with van der Waals surface area (Å²) in [6.45, 7) is 1.29. The van der Waals surface area contributed by atoms with Crippen molar-refractivity contribution in [1.29, 1.82) is 5.26 Å². The highest BCUT2D eigenvalue weighted by Crippen LogP contribution is 2.40. The lowest BCUT2D eigenvalue weighted by Gasteiger charge is -2.13. The molecule has 6 nitrogen and oxygen atoms in total. The lowest BCUT2D eigenvalue weighted by Crippen LogP contribution is -2.05. The summed E-state index contributed by atoms with van der Waals surface area (Å²) < 4.78 is 15.8. The molecule has 0 unspecified atom stereocenters. The van der Waals surface area contributed by atoms with E-state index in [-0.39, 0.29) is 5.75 Å². The van der Waals surface area contributed by atoms with Gasteiger partial charge in [0.25, 0.3) is 0 Å². The molecule has 0 N–H and O–H groups in total. The maximum Gasteiger partial charge on any atom is 0.308 e. The van der Waals surface area contributed by atoms with Crippen LogP contribution in [0.2, 0.25) is 10.0 Å². The molecule has 0 saturated carbocycles. The molecule has 9 heteroatoms. The molecule has 158 valence electrons. The van der Waals surface area contributed by atoms with Crippen molar-refractivity contribution < 1.29 is 19.0 Å². The average molecular weight is 475 g/mol. The molecule has 0 aliphatic carbocycles. The van der Waals surface area contributed by atoms with E-state index >= 15 is 0 Å². The van der Waals surface area contributed by atoms with Gasteiger partial charge in [0.2, 0.25) is 5.75 Å². The number of aromatic nitrogens is 1. The zero-order chi connectivity index (χ0) is 22.5. The maximum atomic E-state index is 11.4. The van der Waals surface area contributed by atoms with Gasteiger partial charge in [0.15, 0.2) is 11.5 Å². The number of methoxy groups -OCH3 is 2. The molecule has 0 radical (unpaired) electrons. The lowest BCUT2D eigenvalue weighted by atomic mass is 10.1. The fourth-order valence-electron chi connectivity index (χ4n) is 2.75. The van der Waals surface area contributed by atoms with Crippen molar-refractivity contribution in [1.82, 2.24) is 4.98 Å². The number of carbonyl (C=O) groups excluding carboxylic acids is 1. The van der Waals surface area contributed by atoms with Gasteiger partial charge in [-0.1, -0.05) is 23.2 Å². The molecule has 0 aliphatic heterocycles. The van der Waals surface area contributed by atoms with Crippen molar-refractivity contribution >= 4 is 52.2 Å². The number of nitrogens with zero attached hydrogens (tertiary/aromatic N) is 2. The zero-order valence-electron chi connectivity index (χ0n) is 16.7. The summed E-state index contributed by atoms with van der Waals surface area (Å²) >= 11 is 13.5. The normalized spacial score (nSPS) is 11.0. The van der Waals surface area contributed by atoms with Gasteiger partial charge in [-0.2, -0.15) is 5.26 Å². The van der Waals surface area contributed by atoms with Crippen molar-refractivity contribution in [2.75, 3.05) is 14.2 Å². The number of allylic oxidation sites excluding steroid dienone is 1. The van der Waals surface area contributed by atoms with Crippen molar-refractivity contribution in [2.45, 2.75) is 6.92 Å². The Kier molecular flexibility index (Phi) is 7.18. The molecular weight excluding hydrogens is 459 g/mol. The smallest absolute Gasteiger partial charge is 0.308 e. The Hall–Kier alpha value is -3.05. The Bertz CT molecular complexity index is 1190. The first-order chi connectivity index (χ1) is 14.9. The van der Waals surface area contributed by atoms with Gasteiger partial charge in [-0.25, -0.2) is 4.98 Å². The number of esters is 1. The van der Waals surface area contributed by atoms with E-state index in [4.69, 9.17) is 37.4 Å². The maximum absolute atomic E-state index is 11.4. The van der Waals surface area contributed by atoms with Crippen molar-refractivity contribution in [3.63, 3.8) is 0 Å². The summed E-state index contributed by atoms with van der Waals surface area (Å²) in [5, 5.41) is 13.1. The van der Waals surface area contributed by atoms with Gasteiger partial charge in [0.05, 0.1) is 30.5 Å². The standard InChI is InChI=1S/C22H16Cl2N2O4S/c1-12(27)30-21-19(28-2)7-13(8-20(21)29-3)6-14(10-25)22-26-18(11-31-22)16-5-4-15(23)9-17(16)24/h4-9,11H,1-3H3/b14-6-. The summed E-state index contributed by atoms with van der Waals surface area (Å²) in [6.07, 6.45) is 1.65. The van der Waals surface area contributed by atoms with Gasteiger partial charge in [0, 0.05) is 22.9 Å². The number of halogens is 2. The molecular formula is C22H16Cl2N2O4S. The highest BCUT2D eigenvalue weighted by molar-refractivity contribution is 7.11. The van der Waals surface area contributed by atoms with Gasteiger partial charge in [-0.15, -0.1) is 11.3 Å². The van der Waals surface area contributed by atoms with Crippen LogP contribution in [0.25, 0.3) is 22.9 Å². The number of nitriles is 1. The molecule has 1 aromatic heterocycles. The van der Waals surface area contributed by atoms with Gasteiger partial charge >= 0.3 is 5.97 Å². The van der Waals surface area contributed by atoms with E-state index in [1.165, 1.54) is 32.5 Å². The molecule has 0 spiro atoms. The first-order valence-corrected chi connectivity index (χ1v) is 10.5. The molecule has 0 amide bonds. The number of hydrogen-bond donors (Lipinski definition) is 0. The van der Waals surface area contributed by atoms with E-state index in [1.54, 1.807) is 36.4 Å². The molecule has 3 rings (SSSR count). The largest absolute Gasteiger partial charge is 0.493 e. The quantitative estimate of drug-likeness (QED) is 0.243. The van der Waals surface area contributed by atoms with Crippen molar-refractivity contribution in [3.8, 4) is 34.6 Å². The van der Waals surface area contributed by atoms with Crippen LogP contribution < -0.4 is 14.2 Å². The van der Waals surface area contributed by atoms with Crippen LogP contribution in [-0.2, 0) is 4.79 Å². The van der Waals surface area contributed by atoms with E-state index < -0.39 is 5.97 Å². The predicted molar refractivity (Wildman–Crippen MR) is 122 cm³/mol. The number of benzene rings is 2. The number of ether oxygens (including phenoxy) is 3. The molecule has 0 saturated heterocycles. The number of hydrogen-bond acceptors (Lipinski definition) is 7. The minimum Gasteiger partial charge on any atom is -0.493 e. The predicted octanol–water partition coefficient (Wildman–Crippen LogP) is 6.12. The molecule has 31 heavy (non-hydrogen) atoms. The molecule has 2 aromatic carbocycles. The zero-order valence-corrected chi connectivity index (χ0v) is 19.1. The minimum atomic E-state index is -0.506. The van der Waals surface area contributed by atoms with Gasteiger partial charge < -0.3 is 14.2 Å². The molecule has 0 aliphatic rings. The van der Waals surface area contributed by atoms with Crippen LogP contribution in [0.15, 0.2) is 35.7 Å². The first-order valence-electron chi connectivity index (χ1n) is 8.83. The third-order valence-electron chi connectivity index (χ3n) is 4.10. The van der Waals surface area contributed by atoms with Crippen LogP contribution in [0.1, 0.15) is 17.5 Å². The fraction of sp³-hybridized carbons (Fsp3) is 0.136. The summed E-state index contributed by atoms with van der Waals surface area (Å²) in [5.74, 6) is 0.257. The number of rotatable bonds is 6. The van der Waals surface area contributed by atoms with Crippen LogP contribution in [-0.4, -0.2) is 25.2 Å². The SMILES string of the molecule is COc1cc(/C=C(/C#N)c2nc(-c3ccc(Cl)cc3Cl)cs2)cc(OC)c1OC(C)=O. The second-order valence-electron chi connectivity index (χ2n) is 6.18. The van der Waals surface area contributed by atoms with Crippen LogP contribution in [0.3, 0.4) is 0 Å². The molecule has 0 bridgehead atoms. The first kappa shape index (κ1) is 22.6. The van der Waals surface area contributed by atoms with E-state index in [0.29, 0.717) is 43.4 Å². The Labute approximate surface area is 193 Å². The Balaban J connectivity index is 2.02. The summed E-state index contributed by atoms with van der Waals surface area (Å²) in [6, 6.07) is 10.6. The van der Waals surface area contributed by atoms with Gasteiger partial charge in [-0.3, -0.25) is 4.79 Å². The molecule has 0 fully saturated rings. The van der Waals surface area contributed by atoms with Gasteiger partial charge in [0.1, 0.15) is 11.1 Å².